The van der Waals surface area contributed by atoms with E-state index in [1.54, 1.807) is 0 Å². The van der Waals surface area contributed by atoms with E-state index in [1.165, 1.54) is 0 Å². The lowest BCUT2D eigenvalue weighted by Gasteiger charge is -2.36. The molecule has 7 nitrogen and oxygen atoms in total. The molecular formula is C11H19NO6S2. The van der Waals surface area contributed by atoms with E-state index < -0.39 is 42.9 Å². The maximum atomic E-state index is 12.5. The van der Waals surface area contributed by atoms with Gasteiger partial charge in [0.1, 0.15) is 6.04 Å². The van der Waals surface area contributed by atoms with E-state index in [2.05, 4.69) is 0 Å². The third-order valence-electron chi connectivity index (χ3n) is 4.04. The monoisotopic (exact) mass is 325 g/mol. The van der Waals surface area contributed by atoms with E-state index in [0.29, 0.717) is 6.42 Å². The summed E-state index contributed by atoms with van der Waals surface area (Å²) in [5, 5.41) is 8.21. The Kier molecular flexibility index (Phi) is 4.14. The summed E-state index contributed by atoms with van der Waals surface area (Å²) in [6.07, 6.45) is 0.930. The molecule has 0 amide bonds. The van der Waals surface area contributed by atoms with E-state index >= 15 is 0 Å². The SMILES string of the molecule is CC1CCN(S(=O)(=O)C2CCS(=O)(=O)C2)C(C(=O)O)C1. The standard InChI is InChI=1S/C11H19NO6S2/c1-8-2-4-12(10(6-8)11(13)14)20(17,18)9-3-5-19(15,16)7-9/h8-10H,2-7H2,1H3,(H,13,14). The summed E-state index contributed by atoms with van der Waals surface area (Å²) in [6.45, 7) is 2.04. The van der Waals surface area contributed by atoms with Crippen LogP contribution in [0.5, 0.6) is 0 Å². The lowest BCUT2D eigenvalue weighted by molar-refractivity contribution is -0.143. The van der Waals surface area contributed by atoms with Crippen LogP contribution < -0.4 is 0 Å². The fourth-order valence-electron chi connectivity index (χ4n) is 2.84. The summed E-state index contributed by atoms with van der Waals surface area (Å²) in [5.74, 6) is -1.55. The summed E-state index contributed by atoms with van der Waals surface area (Å²) in [6, 6.07) is -1.08. The Labute approximate surface area is 118 Å². The van der Waals surface area contributed by atoms with Gasteiger partial charge >= 0.3 is 5.97 Å². The average Bonchev–Trinajstić information content (AvgIpc) is 2.70. The number of hydrogen-bond donors (Lipinski definition) is 1. The molecule has 0 aliphatic carbocycles. The first-order chi connectivity index (χ1) is 9.13. The Balaban J connectivity index is 2.26. The zero-order valence-electron chi connectivity index (χ0n) is 11.2. The second-order valence-corrected chi connectivity index (χ2v) is 10.1. The Morgan fingerprint density at radius 1 is 1.30 bits per heavy atom. The molecule has 20 heavy (non-hydrogen) atoms. The van der Waals surface area contributed by atoms with Gasteiger partial charge in [0.25, 0.3) is 0 Å². The highest BCUT2D eigenvalue weighted by Crippen LogP contribution is 2.30. The molecule has 116 valence electrons. The predicted molar refractivity (Wildman–Crippen MR) is 72.5 cm³/mol. The molecule has 2 aliphatic rings. The number of sulfonamides is 1. The van der Waals surface area contributed by atoms with Crippen molar-refractivity contribution < 1.29 is 26.7 Å². The summed E-state index contributed by atoms with van der Waals surface area (Å²) in [7, 11) is -7.20. The van der Waals surface area contributed by atoms with Gasteiger partial charge in [0.15, 0.2) is 9.84 Å². The molecule has 1 N–H and O–H groups in total. The first-order valence-electron chi connectivity index (χ1n) is 6.57. The third kappa shape index (κ3) is 2.99. The van der Waals surface area contributed by atoms with Crippen LogP contribution in [0.15, 0.2) is 0 Å². The van der Waals surface area contributed by atoms with Gasteiger partial charge in [0.05, 0.1) is 16.8 Å². The summed E-state index contributed by atoms with van der Waals surface area (Å²) < 4.78 is 48.9. The molecule has 0 aromatic heterocycles. The van der Waals surface area contributed by atoms with Gasteiger partial charge in [-0.3, -0.25) is 4.79 Å². The molecule has 3 atom stereocenters. The Morgan fingerprint density at radius 3 is 2.45 bits per heavy atom. The molecule has 0 bridgehead atoms. The number of aliphatic carboxylic acids is 1. The maximum absolute atomic E-state index is 12.5. The van der Waals surface area contributed by atoms with Crippen LogP contribution in [0.25, 0.3) is 0 Å². The number of carboxylic acid groups (broad SMARTS) is 1. The van der Waals surface area contributed by atoms with Gasteiger partial charge in [-0.25, -0.2) is 16.8 Å². The van der Waals surface area contributed by atoms with Gasteiger partial charge in [0, 0.05) is 6.54 Å². The molecule has 2 fully saturated rings. The summed E-state index contributed by atoms with van der Waals surface area (Å²) in [4.78, 5) is 11.3. The van der Waals surface area contributed by atoms with Crippen molar-refractivity contribution in [1.29, 1.82) is 0 Å². The molecule has 2 rings (SSSR count). The number of nitrogens with zero attached hydrogens (tertiary/aromatic N) is 1. The molecule has 3 unspecified atom stereocenters. The van der Waals surface area contributed by atoms with Crippen molar-refractivity contribution >= 4 is 25.8 Å². The maximum Gasteiger partial charge on any atom is 0.322 e. The fourth-order valence-corrected chi connectivity index (χ4v) is 7.53. The summed E-state index contributed by atoms with van der Waals surface area (Å²) in [5.41, 5.74) is 0. The molecular weight excluding hydrogens is 306 g/mol. The normalized spacial score (nSPS) is 35.0. The van der Waals surface area contributed by atoms with E-state index in [9.17, 15) is 26.7 Å². The number of rotatable bonds is 3. The van der Waals surface area contributed by atoms with E-state index in [1.807, 2.05) is 6.92 Å². The molecule has 2 saturated heterocycles. The molecule has 0 spiro atoms. The summed E-state index contributed by atoms with van der Waals surface area (Å²) >= 11 is 0. The van der Waals surface area contributed by atoms with E-state index in [-0.39, 0.29) is 31.1 Å². The fraction of sp³-hybridized carbons (Fsp3) is 0.909. The molecule has 0 aromatic carbocycles. The predicted octanol–water partition coefficient (Wildman–Crippen LogP) is -0.312. The van der Waals surface area contributed by atoms with Crippen LogP contribution in [0.2, 0.25) is 0 Å². The van der Waals surface area contributed by atoms with Crippen LogP contribution in [-0.4, -0.2) is 61.6 Å². The van der Waals surface area contributed by atoms with Crippen molar-refractivity contribution in [2.45, 2.75) is 37.5 Å². The average molecular weight is 325 g/mol. The number of carboxylic acids is 1. The second-order valence-electron chi connectivity index (χ2n) is 5.66. The van der Waals surface area contributed by atoms with Crippen molar-refractivity contribution in [2.75, 3.05) is 18.1 Å². The molecule has 0 radical (unpaired) electrons. The highest BCUT2D eigenvalue weighted by molar-refractivity contribution is 7.95. The highest BCUT2D eigenvalue weighted by Gasteiger charge is 2.46. The van der Waals surface area contributed by atoms with Crippen LogP contribution in [-0.2, 0) is 24.7 Å². The topological polar surface area (TPSA) is 109 Å². The van der Waals surface area contributed by atoms with Crippen molar-refractivity contribution in [3.05, 3.63) is 0 Å². The van der Waals surface area contributed by atoms with Crippen LogP contribution >= 0.6 is 0 Å². The minimum Gasteiger partial charge on any atom is -0.480 e. The van der Waals surface area contributed by atoms with Crippen molar-refractivity contribution in [3.8, 4) is 0 Å². The lowest BCUT2D eigenvalue weighted by atomic mass is 9.94. The Hall–Kier alpha value is -0.670. The van der Waals surface area contributed by atoms with Gasteiger partial charge in [0.2, 0.25) is 10.0 Å². The van der Waals surface area contributed by atoms with E-state index in [4.69, 9.17) is 0 Å². The van der Waals surface area contributed by atoms with Gasteiger partial charge in [-0.05, 0) is 25.2 Å². The number of hydrogen-bond acceptors (Lipinski definition) is 5. The highest BCUT2D eigenvalue weighted by atomic mass is 32.2. The molecule has 9 heteroatoms. The number of piperidine rings is 1. The number of carbonyl (C=O) groups is 1. The van der Waals surface area contributed by atoms with Gasteiger partial charge in [-0.2, -0.15) is 4.31 Å². The van der Waals surface area contributed by atoms with Gasteiger partial charge < -0.3 is 5.11 Å². The van der Waals surface area contributed by atoms with Crippen LogP contribution in [0, 0.1) is 5.92 Å². The Morgan fingerprint density at radius 2 is 1.95 bits per heavy atom. The smallest absolute Gasteiger partial charge is 0.322 e. The van der Waals surface area contributed by atoms with Gasteiger partial charge in [-0.1, -0.05) is 6.92 Å². The third-order valence-corrected chi connectivity index (χ3v) is 8.35. The van der Waals surface area contributed by atoms with Gasteiger partial charge in [-0.15, -0.1) is 0 Å². The minimum absolute atomic E-state index is 0.0586. The molecule has 0 aromatic rings. The molecule has 2 heterocycles. The Bertz CT molecular complexity index is 596. The van der Waals surface area contributed by atoms with Crippen molar-refractivity contribution in [2.24, 2.45) is 5.92 Å². The molecule has 2 aliphatic heterocycles. The van der Waals surface area contributed by atoms with E-state index in [0.717, 1.165) is 4.31 Å². The number of sulfone groups is 1. The van der Waals surface area contributed by atoms with Crippen LogP contribution in [0.3, 0.4) is 0 Å². The molecule has 0 saturated carbocycles. The lowest BCUT2D eigenvalue weighted by Crippen LogP contribution is -2.52. The first kappa shape index (κ1) is 15.7. The van der Waals surface area contributed by atoms with Crippen LogP contribution in [0.1, 0.15) is 26.2 Å². The zero-order chi connectivity index (χ0) is 15.1. The quantitative estimate of drug-likeness (QED) is 0.762. The minimum atomic E-state index is -3.88. The van der Waals surface area contributed by atoms with Crippen LogP contribution in [0.4, 0.5) is 0 Å². The van der Waals surface area contributed by atoms with Crippen molar-refractivity contribution in [3.63, 3.8) is 0 Å². The first-order valence-corrected chi connectivity index (χ1v) is 9.90. The largest absolute Gasteiger partial charge is 0.480 e. The van der Waals surface area contributed by atoms with Crippen molar-refractivity contribution in [1.82, 2.24) is 4.31 Å². The zero-order valence-corrected chi connectivity index (χ0v) is 12.9. The second kappa shape index (κ2) is 5.27.